The first-order valence-electron chi connectivity index (χ1n) is 8.73. The molecule has 0 aliphatic carbocycles. The second kappa shape index (κ2) is 7.62. The van der Waals surface area contributed by atoms with E-state index in [0.29, 0.717) is 47.2 Å². The van der Waals surface area contributed by atoms with Crippen LogP contribution in [0.15, 0.2) is 54.9 Å². The lowest BCUT2D eigenvalue weighted by Crippen LogP contribution is -2.33. The molecule has 1 aliphatic heterocycles. The summed E-state index contributed by atoms with van der Waals surface area (Å²) in [4.78, 5) is 31.6. The standard InChI is InChI=1S/C21H17ClN2O2S/c22-16-3-1-15(2-4-16)20(26)19-13-18(14-5-9-23-10-6-14)21(27-19)24-11-7-17(25)8-12-24/h1-6,9-10,13H,7-8,11-12H2. The highest BCUT2D eigenvalue weighted by atomic mass is 35.5. The molecule has 4 nitrogen and oxygen atoms in total. The van der Waals surface area contributed by atoms with Crippen LogP contribution in [0, 0.1) is 0 Å². The summed E-state index contributed by atoms with van der Waals surface area (Å²) in [6.07, 6.45) is 4.59. The second-order valence-corrected chi connectivity index (χ2v) is 7.89. The van der Waals surface area contributed by atoms with E-state index in [1.807, 2.05) is 18.2 Å². The smallest absolute Gasteiger partial charge is 0.203 e. The van der Waals surface area contributed by atoms with E-state index in [-0.39, 0.29) is 5.78 Å². The Hall–Kier alpha value is -2.50. The summed E-state index contributed by atoms with van der Waals surface area (Å²) in [6, 6.07) is 12.8. The lowest BCUT2D eigenvalue weighted by molar-refractivity contribution is -0.119. The fourth-order valence-electron chi connectivity index (χ4n) is 3.17. The van der Waals surface area contributed by atoms with Gasteiger partial charge in [-0.05, 0) is 48.0 Å². The zero-order valence-electron chi connectivity index (χ0n) is 14.5. The largest absolute Gasteiger partial charge is 0.362 e. The molecule has 1 fully saturated rings. The van der Waals surface area contributed by atoms with Gasteiger partial charge in [0.2, 0.25) is 5.78 Å². The van der Waals surface area contributed by atoms with Crippen molar-refractivity contribution >= 4 is 39.5 Å². The molecule has 0 saturated carbocycles. The van der Waals surface area contributed by atoms with Gasteiger partial charge >= 0.3 is 0 Å². The Balaban J connectivity index is 1.74. The number of aromatic nitrogens is 1. The van der Waals surface area contributed by atoms with Crippen LogP contribution >= 0.6 is 22.9 Å². The minimum absolute atomic E-state index is 0.0219. The van der Waals surface area contributed by atoms with Gasteiger partial charge in [-0.25, -0.2) is 0 Å². The van der Waals surface area contributed by atoms with Crippen LogP contribution in [0.25, 0.3) is 11.1 Å². The number of carbonyl (C=O) groups is 2. The monoisotopic (exact) mass is 396 g/mol. The van der Waals surface area contributed by atoms with Gasteiger partial charge in [-0.15, -0.1) is 11.3 Å². The van der Waals surface area contributed by atoms with Crippen molar-refractivity contribution in [3.8, 4) is 11.1 Å². The molecular weight excluding hydrogens is 380 g/mol. The van der Waals surface area contributed by atoms with Gasteiger partial charge in [-0.1, -0.05) is 11.6 Å². The highest BCUT2D eigenvalue weighted by Gasteiger charge is 2.24. The van der Waals surface area contributed by atoms with Crippen LogP contribution in [0.1, 0.15) is 28.1 Å². The molecule has 0 amide bonds. The van der Waals surface area contributed by atoms with Gasteiger partial charge in [0.25, 0.3) is 0 Å². The molecule has 3 aromatic rings. The number of rotatable bonds is 4. The molecule has 0 atom stereocenters. The average molecular weight is 397 g/mol. The topological polar surface area (TPSA) is 50.3 Å². The van der Waals surface area contributed by atoms with Gasteiger partial charge in [0.05, 0.1) is 9.88 Å². The van der Waals surface area contributed by atoms with Crippen LogP contribution in [-0.2, 0) is 4.79 Å². The first kappa shape index (κ1) is 17.9. The molecule has 6 heteroatoms. The van der Waals surface area contributed by atoms with Crippen LogP contribution < -0.4 is 4.90 Å². The van der Waals surface area contributed by atoms with Gasteiger partial charge in [-0.2, -0.15) is 0 Å². The number of hydrogen-bond donors (Lipinski definition) is 0. The van der Waals surface area contributed by atoms with Gasteiger partial charge in [-0.3, -0.25) is 14.6 Å². The number of carbonyl (C=O) groups excluding carboxylic acids is 2. The number of thiophene rings is 1. The number of benzene rings is 1. The van der Waals surface area contributed by atoms with E-state index in [2.05, 4.69) is 9.88 Å². The van der Waals surface area contributed by atoms with Gasteiger partial charge in [0.15, 0.2) is 0 Å². The molecule has 1 aromatic carbocycles. The fourth-order valence-corrected chi connectivity index (χ4v) is 4.49. The molecule has 1 aliphatic rings. The van der Waals surface area contributed by atoms with Crippen molar-refractivity contribution in [2.45, 2.75) is 12.8 Å². The maximum atomic E-state index is 13.0. The molecule has 0 N–H and O–H groups in total. The number of hydrogen-bond acceptors (Lipinski definition) is 5. The third kappa shape index (κ3) is 3.80. The van der Waals surface area contributed by atoms with E-state index in [1.165, 1.54) is 11.3 Å². The Bertz CT molecular complexity index is 973. The predicted octanol–water partition coefficient (Wildman–Crippen LogP) is 4.86. The number of ketones is 2. The van der Waals surface area contributed by atoms with Crippen LogP contribution in [0.5, 0.6) is 0 Å². The first-order chi connectivity index (χ1) is 13.1. The summed E-state index contributed by atoms with van der Waals surface area (Å²) in [5, 5.41) is 1.64. The molecule has 136 valence electrons. The van der Waals surface area contributed by atoms with Gasteiger partial charge in [0, 0.05) is 54.5 Å². The SMILES string of the molecule is O=C1CCN(c2sc(C(=O)c3ccc(Cl)cc3)cc2-c2ccncc2)CC1. The first-order valence-corrected chi connectivity index (χ1v) is 9.92. The van der Waals surface area contributed by atoms with Crippen LogP contribution in [0.2, 0.25) is 5.02 Å². The van der Waals surface area contributed by atoms with Gasteiger partial charge < -0.3 is 4.90 Å². The molecular formula is C21H17ClN2O2S. The Morgan fingerprint density at radius 3 is 2.37 bits per heavy atom. The molecule has 0 bridgehead atoms. The van der Waals surface area contributed by atoms with Crippen molar-refractivity contribution in [1.82, 2.24) is 4.98 Å². The van der Waals surface area contributed by atoms with Crippen molar-refractivity contribution < 1.29 is 9.59 Å². The third-order valence-corrected chi connectivity index (χ3v) is 6.09. The van der Waals surface area contributed by atoms with E-state index in [9.17, 15) is 9.59 Å². The number of Topliss-reactive ketones (excluding diaryl/α,β-unsaturated/α-hetero) is 1. The maximum absolute atomic E-state index is 13.0. The Kier molecular flexibility index (Phi) is 5.05. The Morgan fingerprint density at radius 1 is 1.04 bits per heavy atom. The van der Waals surface area contributed by atoms with Crippen molar-refractivity contribution in [2.75, 3.05) is 18.0 Å². The minimum Gasteiger partial charge on any atom is -0.362 e. The zero-order valence-corrected chi connectivity index (χ0v) is 16.1. The number of nitrogens with zero attached hydrogens (tertiary/aromatic N) is 2. The lowest BCUT2D eigenvalue weighted by Gasteiger charge is -2.27. The van der Waals surface area contributed by atoms with Crippen molar-refractivity contribution in [3.63, 3.8) is 0 Å². The predicted molar refractivity (Wildman–Crippen MR) is 109 cm³/mol. The Labute approximate surface area is 166 Å². The summed E-state index contributed by atoms with van der Waals surface area (Å²) in [6.45, 7) is 1.37. The van der Waals surface area contributed by atoms with Crippen LogP contribution in [0.3, 0.4) is 0 Å². The fraction of sp³-hybridized carbons (Fsp3) is 0.190. The average Bonchev–Trinajstić information content (AvgIpc) is 3.15. The van der Waals surface area contributed by atoms with E-state index >= 15 is 0 Å². The molecule has 3 heterocycles. The minimum atomic E-state index is -0.0219. The highest BCUT2D eigenvalue weighted by Crippen LogP contribution is 2.40. The third-order valence-electron chi connectivity index (χ3n) is 4.64. The number of halogens is 1. The van der Waals surface area contributed by atoms with Crippen molar-refractivity contribution in [1.29, 1.82) is 0 Å². The molecule has 27 heavy (non-hydrogen) atoms. The van der Waals surface area contributed by atoms with Crippen LogP contribution in [0.4, 0.5) is 5.00 Å². The quantitative estimate of drug-likeness (QED) is 0.591. The second-order valence-electron chi connectivity index (χ2n) is 6.43. The number of pyridine rings is 1. The number of anilines is 1. The zero-order chi connectivity index (χ0) is 18.8. The summed E-state index contributed by atoms with van der Waals surface area (Å²) >= 11 is 7.42. The van der Waals surface area contributed by atoms with Crippen molar-refractivity contribution in [3.05, 3.63) is 70.3 Å². The summed E-state index contributed by atoms with van der Waals surface area (Å²) in [7, 11) is 0. The summed E-state index contributed by atoms with van der Waals surface area (Å²) < 4.78 is 0. The molecule has 0 unspecified atom stereocenters. The highest BCUT2D eigenvalue weighted by molar-refractivity contribution is 7.18. The molecule has 0 spiro atoms. The molecule has 2 aromatic heterocycles. The maximum Gasteiger partial charge on any atom is 0.203 e. The summed E-state index contributed by atoms with van der Waals surface area (Å²) in [5.74, 6) is 0.275. The number of piperidine rings is 1. The van der Waals surface area contributed by atoms with Crippen LogP contribution in [-0.4, -0.2) is 29.6 Å². The molecule has 4 rings (SSSR count). The van der Waals surface area contributed by atoms with E-state index in [1.54, 1.807) is 36.7 Å². The normalized spacial score (nSPS) is 14.4. The Morgan fingerprint density at radius 2 is 1.70 bits per heavy atom. The lowest BCUT2D eigenvalue weighted by atomic mass is 10.0. The van der Waals surface area contributed by atoms with E-state index in [4.69, 9.17) is 11.6 Å². The van der Waals surface area contributed by atoms with E-state index in [0.717, 1.165) is 16.1 Å². The summed E-state index contributed by atoms with van der Waals surface area (Å²) in [5.41, 5.74) is 2.64. The van der Waals surface area contributed by atoms with E-state index < -0.39 is 0 Å². The molecule has 0 radical (unpaired) electrons. The van der Waals surface area contributed by atoms with Crippen molar-refractivity contribution in [2.24, 2.45) is 0 Å². The molecule has 1 saturated heterocycles. The van der Waals surface area contributed by atoms with Gasteiger partial charge in [0.1, 0.15) is 5.78 Å².